The second-order valence-electron chi connectivity index (χ2n) is 15.2. The van der Waals surface area contributed by atoms with Crippen LogP contribution in [0.2, 0.25) is 0 Å². The topological polar surface area (TPSA) is 196 Å². The number of halogens is 5. The zero-order valence-electron chi connectivity index (χ0n) is 33.3. The highest BCUT2D eigenvalue weighted by molar-refractivity contribution is 5.98. The summed E-state index contributed by atoms with van der Waals surface area (Å²) < 4.78 is 76.1. The van der Waals surface area contributed by atoms with Crippen LogP contribution in [0.4, 0.5) is 32.4 Å². The third-order valence-corrected chi connectivity index (χ3v) is 10.6. The Morgan fingerprint density at radius 1 is 0.917 bits per heavy atom. The van der Waals surface area contributed by atoms with E-state index in [4.69, 9.17) is 4.74 Å². The molecule has 60 heavy (non-hydrogen) atoms. The number of fused-ring (bicyclic) bond motifs is 2. The SMILES string of the molecule is C[C@H]1CC2C(=O)O[C@@H](C)[C@H](NC(=O)[C@H](Cc3cc(F)cc(F)c3)NC(=O)Nc3ccc(OC(F)(F)F)cc3)C(=O)N3CCC[C@H]3C(=O)N(C)[C@@H](C)C(=O)N[C@@H](C)C(=O)N2C1. The first-order valence-corrected chi connectivity index (χ1v) is 19.2. The molecule has 3 saturated heterocycles. The molecule has 3 aliphatic rings. The van der Waals surface area contributed by atoms with Gasteiger partial charge in [0.25, 0.3) is 0 Å². The number of ether oxygens (including phenoxy) is 2. The Bertz CT molecular complexity index is 1970. The van der Waals surface area contributed by atoms with Gasteiger partial charge in [-0.3, -0.25) is 24.0 Å². The van der Waals surface area contributed by atoms with Crippen molar-refractivity contribution in [2.45, 2.75) is 102 Å². The van der Waals surface area contributed by atoms with Crippen LogP contribution in [-0.2, 0) is 39.9 Å². The maximum absolute atomic E-state index is 14.5. The molecule has 21 heteroatoms. The Balaban J connectivity index is 1.47. The smallest absolute Gasteiger partial charge is 0.458 e. The first-order chi connectivity index (χ1) is 28.1. The predicted molar refractivity (Wildman–Crippen MR) is 200 cm³/mol. The van der Waals surface area contributed by atoms with E-state index >= 15 is 0 Å². The van der Waals surface area contributed by atoms with Crippen molar-refractivity contribution < 1.29 is 65.0 Å². The van der Waals surface area contributed by atoms with Crippen LogP contribution in [0.5, 0.6) is 5.75 Å². The maximum atomic E-state index is 14.5. The molecule has 326 valence electrons. The lowest BCUT2D eigenvalue weighted by atomic mass is 10.0. The minimum Gasteiger partial charge on any atom is -0.458 e. The number of nitrogens with one attached hydrogen (secondary N) is 4. The number of likely N-dealkylation sites (N-methyl/N-ethyl adjacent to an activating group) is 1. The molecule has 5 rings (SSSR count). The zero-order chi connectivity index (χ0) is 44.2. The van der Waals surface area contributed by atoms with Crippen molar-refractivity contribution >= 4 is 47.2 Å². The molecule has 2 aromatic carbocycles. The van der Waals surface area contributed by atoms with E-state index in [0.29, 0.717) is 12.5 Å². The number of benzene rings is 2. The summed E-state index contributed by atoms with van der Waals surface area (Å²) in [5, 5.41) is 9.79. The van der Waals surface area contributed by atoms with Gasteiger partial charge in [-0.15, -0.1) is 13.2 Å². The number of anilines is 1. The molecule has 3 aliphatic heterocycles. The lowest BCUT2D eigenvalue weighted by molar-refractivity contribution is -0.274. The van der Waals surface area contributed by atoms with Gasteiger partial charge >= 0.3 is 18.4 Å². The van der Waals surface area contributed by atoms with E-state index in [1.54, 1.807) is 6.92 Å². The largest absolute Gasteiger partial charge is 0.573 e. The van der Waals surface area contributed by atoms with E-state index in [-0.39, 0.29) is 43.1 Å². The van der Waals surface area contributed by atoms with E-state index in [0.717, 1.165) is 41.3 Å². The van der Waals surface area contributed by atoms with Gasteiger partial charge in [0.15, 0.2) is 0 Å². The molecule has 0 bridgehead atoms. The van der Waals surface area contributed by atoms with Gasteiger partial charge in [-0.1, -0.05) is 6.92 Å². The molecule has 3 fully saturated rings. The van der Waals surface area contributed by atoms with Gasteiger partial charge in [-0.05, 0) is 87.9 Å². The lowest BCUT2D eigenvalue weighted by Crippen LogP contribution is -2.62. The first kappa shape index (κ1) is 45.1. The fourth-order valence-electron chi connectivity index (χ4n) is 7.43. The summed E-state index contributed by atoms with van der Waals surface area (Å²) in [6.45, 7) is 6.16. The van der Waals surface area contributed by atoms with Crippen molar-refractivity contribution in [3.05, 3.63) is 59.7 Å². The second-order valence-corrected chi connectivity index (χ2v) is 15.2. The summed E-state index contributed by atoms with van der Waals surface area (Å²) in [5.74, 6) is -7.55. The molecule has 0 aromatic heterocycles. The van der Waals surface area contributed by atoms with Crippen LogP contribution in [0.3, 0.4) is 0 Å². The Hall–Kier alpha value is -6.02. The molecule has 1 unspecified atom stereocenters. The maximum Gasteiger partial charge on any atom is 0.573 e. The van der Waals surface area contributed by atoms with Crippen molar-refractivity contribution in [2.24, 2.45) is 5.92 Å². The van der Waals surface area contributed by atoms with Crippen molar-refractivity contribution in [3.8, 4) is 5.75 Å². The number of nitrogens with zero attached hydrogens (tertiary/aromatic N) is 3. The third-order valence-electron chi connectivity index (χ3n) is 10.6. The van der Waals surface area contributed by atoms with Crippen LogP contribution in [0.25, 0.3) is 0 Å². The van der Waals surface area contributed by atoms with E-state index in [1.807, 2.05) is 0 Å². The first-order valence-electron chi connectivity index (χ1n) is 19.2. The minimum absolute atomic E-state index is 0.0234. The number of alkyl halides is 3. The van der Waals surface area contributed by atoms with Gasteiger partial charge in [-0.2, -0.15) is 0 Å². The van der Waals surface area contributed by atoms with Crippen molar-refractivity contribution in [2.75, 3.05) is 25.5 Å². The fraction of sp³-hybridized carbons (Fsp3) is 0.513. The molecule has 0 radical (unpaired) electrons. The van der Waals surface area contributed by atoms with E-state index < -0.39 is 114 Å². The van der Waals surface area contributed by atoms with Crippen LogP contribution >= 0.6 is 0 Å². The van der Waals surface area contributed by atoms with Crippen LogP contribution in [0.1, 0.15) is 52.5 Å². The van der Waals surface area contributed by atoms with Crippen molar-refractivity contribution in [1.82, 2.24) is 30.7 Å². The summed E-state index contributed by atoms with van der Waals surface area (Å²) in [6, 6.07) is -2.63. The van der Waals surface area contributed by atoms with Gasteiger partial charge in [-0.25, -0.2) is 18.4 Å². The summed E-state index contributed by atoms with van der Waals surface area (Å²) in [6.07, 6.45) is -6.33. The number of amides is 7. The van der Waals surface area contributed by atoms with Gasteiger partial charge in [0.05, 0.1) is 0 Å². The van der Waals surface area contributed by atoms with Crippen LogP contribution in [0.15, 0.2) is 42.5 Å². The highest BCUT2D eigenvalue weighted by atomic mass is 19.4. The third kappa shape index (κ3) is 11.0. The average Bonchev–Trinajstić information content (AvgIpc) is 3.82. The van der Waals surface area contributed by atoms with Gasteiger partial charge in [0.1, 0.15) is 59.7 Å². The number of urea groups is 1. The predicted octanol–water partition coefficient (Wildman–Crippen LogP) is 2.61. The molecule has 2 aromatic rings. The molecule has 16 nitrogen and oxygen atoms in total. The Kier molecular flexibility index (Phi) is 13.9. The molecule has 8 atom stereocenters. The Morgan fingerprint density at radius 2 is 1.57 bits per heavy atom. The molecular weight excluding hydrogens is 805 g/mol. The normalized spacial score (nSPS) is 26.1. The second kappa shape index (κ2) is 18.5. The van der Waals surface area contributed by atoms with E-state index in [1.165, 1.54) is 37.6 Å². The molecule has 4 N–H and O–H groups in total. The number of rotatable bonds is 7. The molecular formula is C39H46F5N7O9. The molecule has 0 aliphatic carbocycles. The van der Waals surface area contributed by atoms with Crippen LogP contribution < -0.4 is 26.0 Å². The van der Waals surface area contributed by atoms with E-state index in [9.17, 15) is 55.5 Å². The number of carbonyl (C=O) groups is 7. The van der Waals surface area contributed by atoms with Gasteiger partial charge in [0, 0.05) is 38.3 Å². The Morgan fingerprint density at radius 3 is 2.20 bits per heavy atom. The zero-order valence-corrected chi connectivity index (χ0v) is 33.3. The molecule has 3 heterocycles. The minimum atomic E-state index is -4.98. The van der Waals surface area contributed by atoms with E-state index in [2.05, 4.69) is 26.0 Å². The molecule has 0 spiro atoms. The lowest BCUT2D eigenvalue weighted by Gasteiger charge is -2.36. The number of hydrogen-bond donors (Lipinski definition) is 4. The van der Waals surface area contributed by atoms with Crippen molar-refractivity contribution in [1.29, 1.82) is 0 Å². The monoisotopic (exact) mass is 851 g/mol. The number of esters is 1. The Labute approximate surface area is 341 Å². The van der Waals surface area contributed by atoms with Gasteiger partial charge < -0.3 is 45.4 Å². The summed E-state index contributed by atoms with van der Waals surface area (Å²) >= 11 is 0. The fourth-order valence-corrected chi connectivity index (χ4v) is 7.43. The van der Waals surface area contributed by atoms with Gasteiger partial charge in [0.2, 0.25) is 29.5 Å². The highest BCUT2D eigenvalue weighted by Crippen LogP contribution is 2.28. The van der Waals surface area contributed by atoms with Crippen molar-refractivity contribution in [3.63, 3.8) is 0 Å². The molecule has 7 amide bonds. The summed E-state index contributed by atoms with van der Waals surface area (Å²) in [7, 11) is 1.37. The summed E-state index contributed by atoms with van der Waals surface area (Å²) in [5.41, 5.74) is -0.151. The number of carbonyl (C=O) groups excluding carboxylic acids is 7. The average molecular weight is 852 g/mol. The number of cyclic esters (lactones) is 1. The van der Waals surface area contributed by atoms with Crippen LogP contribution in [-0.4, -0.2) is 125 Å². The summed E-state index contributed by atoms with van der Waals surface area (Å²) in [4.78, 5) is 100. The standard InChI is InChI=1S/C39H46F5N7O9/c1-19-13-30-37(57)59-22(4)31(36(56)50-12-6-7-29(50)35(55)49(5)21(3)32(52)45-20(2)34(54)51(30)18-19)48-33(53)28(16-23-14-24(40)17-25(41)15-23)47-38(58)46-26-8-10-27(11-9-26)60-39(42,43)44/h8-11,14-15,17,19-22,28-31H,6-7,12-13,16,18H2,1-5H3,(H,45,52)(H,48,53)(H2,46,47,58)/t19-,20-,21-,22-,28-,29-,30?,31-/m0/s1. The molecule has 0 saturated carbocycles. The number of hydrogen-bond acceptors (Lipinski definition) is 9. The highest BCUT2D eigenvalue weighted by Gasteiger charge is 2.46. The quantitative estimate of drug-likeness (QED) is 0.239. The van der Waals surface area contributed by atoms with Crippen LogP contribution in [0, 0.1) is 17.6 Å².